The molecule has 1 aliphatic rings. The molecule has 0 unspecified atom stereocenters. The highest BCUT2D eigenvalue weighted by atomic mass is 16.5. The summed E-state index contributed by atoms with van der Waals surface area (Å²) in [6.07, 6.45) is 4.63. The monoisotopic (exact) mass is 473 g/mol. The second-order valence-corrected chi connectivity index (χ2v) is 8.61. The number of aliphatic hydroxyl groups is 1. The average molecular weight is 474 g/mol. The summed E-state index contributed by atoms with van der Waals surface area (Å²) in [5.41, 5.74) is 0.813. The minimum Gasteiger partial charge on any atom is -0.493 e. The zero-order chi connectivity index (χ0) is 24.3. The first kappa shape index (κ1) is 26.0. The molecule has 1 atom stereocenters. The molecule has 188 valence electrons. The number of nitrogens with zero attached hydrogens (tertiary/aromatic N) is 1. The first-order chi connectivity index (χ1) is 16.6. The Balaban J connectivity index is 1.36. The van der Waals surface area contributed by atoms with Crippen LogP contribution in [0.5, 0.6) is 28.7 Å². The van der Waals surface area contributed by atoms with Gasteiger partial charge in [-0.3, -0.25) is 0 Å². The molecule has 2 aromatic carbocycles. The summed E-state index contributed by atoms with van der Waals surface area (Å²) in [5.74, 6) is 3.55. The van der Waals surface area contributed by atoms with Gasteiger partial charge in [-0.25, -0.2) is 0 Å². The van der Waals surface area contributed by atoms with E-state index in [1.807, 2.05) is 36.4 Å². The lowest BCUT2D eigenvalue weighted by Gasteiger charge is -2.34. The Morgan fingerprint density at radius 2 is 1.41 bits per heavy atom. The zero-order valence-corrected chi connectivity index (χ0v) is 20.9. The van der Waals surface area contributed by atoms with Crippen molar-refractivity contribution in [3.05, 3.63) is 42.0 Å². The lowest BCUT2D eigenvalue weighted by Crippen LogP contribution is -2.36. The fraction of sp³-hybridized carbons (Fsp3) is 0.556. The van der Waals surface area contributed by atoms with Crippen LogP contribution in [-0.2, 0) is 0 Å². The normalized spacial score (nSPS) is 15.6. The zero-order valence-electron chi connectivity index (χ0n) is 20.9. The molecule has 1 aliphatic heterocycles. The van der Waals surface area contributed by atoms with Gasteiger partial charge in [0.1, 0.15) is 0 Å². The molecule has 0 amide bonds. The number of para-hydroxylation sites is 2. The lowest BCUT2D eigenvalue weighted by molar-refractivity contribution is 0.0564. The highest BCUT2D eigenvalue weighted by molar-refractivity contribution is 5.51. The van der Waals surface area contributed by atoms with Gasteiger partial charge in [-0.1, -0.05) is 18.2 Å². The summed E-state index contributed by atoms with van der Waals surface area (Å²) in [7, 11) is 6.49. The second kappa shape index (κ2) is 13.3. The van der Waals surface area contributed by atoms with E-state index in [-0.39, 0.29) is 5.92 Å². The summed E-state index contributed by atoms with van der Waals surface area (Å²) < 4.78 is 27.6. The maximum Gasteiger partial charge on any atom is 0.203 e. The highest BCUT2D eigenvalue weighted by Gasteiger charge is 2.28. The topological polar surface area (TPSA) is 69.6 Å². The van der Waals surface area contributed by atoms with Crippen LogP contribution in [0.3, 0.4) is 0 Å². The van der Waals surface area contributed by atoms with Gasteiger partial charge in [-0.15, -0.1) is 0 Å². The minimum atomic E-state index is -0.544. The fourth-order valence-corrected chi connectivity index (χ4v) is 4.66. The van der Waals surface area contributed by atoms with Gasteiger partial charge >= 0.3 is 0 Å². The Morgan fingerprint density at radius 1 is 0.794 bits per heavy atom. The van der Waals surface area contributed by atoms with E-state index >= 15 is 0 Å². The number of piperidine rings is 1. The first-order valence-electron chi connectivity index (χ1n) is 12.1. The molecule has 0 spiro atoms. The predicted molar refractivity (Wildman–Crippen MR) is 133 cm³/mol. The molecule has 0 saturated carbocycles. The lowest BCUT2D eigenvalue weighted by atomic mass is 9.87. The quantitative estimate of drug-likeness (QED) is 0.422. The van der Waals surface area contributed by atoms with Crippen LogP contribution in [0, 0.1) is 5.92 Å². The van der Waals surface area contributed by atoms with Crippen molar-refractivity contribution in [2.75, 3.05) is 54.7 Å². The minimum absolute atomic E-state index is 0.225. The fourth-order valence-electron chi connectivity index (χ4n) is 4.66. The summed E-state index contributed by atoms with van der Waals surface area (Å²) in [5, 5.41) is 11.0. The van der Waals surface area contributed by atoms with Crippen molar-refractivity contribution in [3.63, 3.8) is 0 Å². The third kappa shape index (κ3) is 6.48. The van der Waals surface area contributed by atoms with Crippen molar-refractivity contribution in [3.8, 4) is 28.7 Å². The van der Waals surface area contributed by atoms with Gasteiger partial charge in [0, 0.05) is 5.56 Å². The van der Waals surface area contributed by atoms with Gasteiger partial charge in [0.25, 0.3) is 0 Å². The van der Waals surface area contributed by atoms with Gasteiger partial charge in [0.2, 0.25) is 5.75 Å². The van der Waals surface area contributed by atoms with Crippen LogP contribution >= 0.6 is 0 Å². The van der Waals surface area contributed by atoms with Crippen LogP contribution in [0.1, 0.15) is 43.8 Å². The number of unbranched alkanes of at least 4 members (excludes halogenated alkanes) is 2. The number of aliphatic hydroxyl groups excluding tert-OH is 1. The van der Waals surface area contributed by atoms with Crippen molar-refractivity contribution >= 4 is 0 Å². The Kier molecular flexibility index (Phi) is 10.2. The maximum absolute atomic E-state index is 11.0. The second-order valence-electron chi connectivity index (χ2n) is 8.61. The van der Waals surface area contributed by atoms with Crippen molar-refractivity contribution < 1.29 is 28.8 Å². The van der Waals surface area contributed by atoms with Crippen molar-refractivity contribution in [1.82, 2.24) is 4.90 Å². The smallest absolute Gasteiger partial charge is 0.203 e. The first-order valence-corrected chi connectivity index (χ1v) is 12.1. The number of methoxy groups -OCH3 is 4. The van der Waals surface area contributed by atoms with E-state index in [1.54, 1.807) is 28.4 Å². The van der Waals surface area contributed by atoms with Gasteiger partial charge in [0.15, 0.2) is 23.0 Å². The number of likely N-dealkylation sites (tertiary alicyclic amines) is 1. The average Bonchev–Trinajstić information content (AvgIpc) is 2.89. The highest BCUT2D eigenvalue weighted by Crippen LogP contribution is 2.40. The Bertz CT molecular complexity index is 881. The Hall–Kier alpha value is -2.64. The molecule has 0 aliphatic carbocycles. The number of hydrogen-bond donors (Lipinski definition) is 1. The molecular formula is C27H39NO6. The van der Waals surface area contributed by atoms with E-state index < -0.39 is 6.10 Å². The van der Waals surface area contributed by atoms with Crippen LogP contribution in [0.15, 0.2) is 36.4 Å². The van der Waals surface area contributed by atoms with E-state index in [0.717, 1.165) is 63.1 Å². The van der Waals surface area contributed by atoms with Crippen molar-refractivity contribution in [2.45, 2.75) is 38.2 Å². The largest absolute Gasteiger partial charge is 0.493 e. The third-order valence-corrected chi connectivity index (χ3v) is 6.57. The molecule has 7 heteroatoms. The maximum atomic E-state index is 11.0. The van der Waals surface area contributed by atoms with Crippen molar-refractivity contribution in [1.29, 1.82) is 0 Å². The third-order valence-electron chi connectivity index (χ3n) is 6.57. The van der Waals surface area contributed by atoms with E-state index in [2.05, 4.69) is 4.90 Å². The van der Waals surface area contributed by atoms with Crippen LogP contribution in [0.25, 0.3) is 0 Å². The Labute approximate surface area is 203 Å². The van der Waals surface area contributed by atoms with E-state index in [0.29, 0.717) is 29.6 Å². The number of rotatable bonds is 13. The van der Waals surface area contributed by atoms with Gasteiger partial charge in [0.05, 0.1) is 41.2 Å². The molecule has 1 fully saturated rings. The van der Waals surface area contributed by atoms with Crippen LogP contribution in [0.2, 0.25) is 0 Å². The SMILES string of the molecule is COc1cccc(OCCCCCN2CCC([C@@H](O)c3cccc(OC)c3OC)CC2)c1OC. The van der Waals surface area contributed by atoms with E-state index in [1.165, 1.54) is 0 Å². The standard InChI is InChI=1S/C27H39NO6/c1-30-22-11-8-10-21(26(22)32-3)25(29)20-14-17-28(18-15-20)16-6-5-7-19-34-24-13-9-12-23(31-2)27(24)33-4/h8-13,20,25,29H,5-7,14-19H2,1-4H3/t25-/m1/s1. The van der Waals surface area contributed by atoms with Gasteiger partial charge in [-0.05, 0) is 75.9 Å². The molecule has 1 saturated heterocycles. The molecular weight excluding hydrogens is 434 g/mol. The predicted octanol–water partition coefficient (Wildman–Crippen LogP) is 4.72. The molecule has 34 heavy (non-hydrogen) atoms. The van der Waals surface area contributed by atoms with E-state index in [9.17, 15) is 5.11 Å². The molecule has 1 N–H and O–H groups in total. The van der Waals surface area contributed by atoms with Gasteiger partial charge in [-0.2, -0.15) is 0 Å². The molecule has 0 aromatic heterocycles. The van der Waals surface area contributed by atoms with Crippen LogP contribution in [0.4, 0.5) is 0 Å². The molecule has 0 radical (unpaired) electrons. The Morgan fingerprint density at radius 3 is 2.06 bits per heavy atom. The van der Waals surface area contributed by atoms with E-state index in [4.69, 9.17) is 23.7 Å². The van der Waals surface area contributed by atoms with Crippen molar-refractivity contribution in [2.24, 2.45) is 5.92 Å². The summed E-state index contributed by atoms with van der Waals surface area (Å²) in [6, 6.07) is 11.4. The molecule has 2 aromatic rings. The van der Waals surface area contributed by atoms with Gasteiger partial charge < -0.3 is 33.7 Å². The number of ether oxygens (including phenoxy) is 5. The summed E-state index contributed by atoms with van der Waals surface area (Å²) in [6.45, 7) is 3.74. The molecule has 3 rings (SSSR count). The number of benzene rings is 2. The summed E-state index contributed by atoms with van der Waals surface area (Å²) >= 11 is 0. The van der Waals surface area contributed by atoms with Crippen LogP contribution in [-0.4, -0.2) is 64.7 Å². The summed E-state index contributed by atoms with van der Waals surface area (Å²) in [4.78, 5) is 2.50. The molecule has 0 bridgehead atoms. The van der Waals surface area contributed by atoms with Crippen LogP contribution < -0.4 is 23.7 Å². The molecule has 7 nitrogen and oxygen atoms in total. The number of hydrogen-bond acceptors (Lipinski definition) is 7. The molecule has 1 heterocycles.